The molecule has 1 N–H and O–H groups in total. The van der Waals surface area contributed by atoms with Crippen molar-refractivity contribution in [1.82, 2.24) is 5.32 Å². The summed E-state index contributed by atoms with van der Waals surface area (Å²) in [6.07, 6.45) is 0.856. The molecular formula is C13H20N2O3. The third kappa shape index (κ3) is 5.25. The molecule has 1 rings (SSSR count). The Balaban J connectivity index is 2.29. The second-order valence-corrected chi connectivity index (χ2v) is 4.19. The van der Waals surface area contributed by atoms with Gasteiger partial charge >= 0.3 is 0 Å². The highest BCUT2D eigenvalue weighted by Gasteiger charge is 2.04. The number of ether oxygens (including phenoxy) is 1. The Morgan fingerprint density at radius 1 is 1.39 bits per heavy atom. The highest BCUT2D eigenvalue weighted by atomic mass is 16.6. The molecule has 0 aliphatic rings. The Morgan fingerprint density at radius 2 is 2.06 bits per heavy atom. The minimum Gasteiger partial charge on any atom is -0.380 e. The molecule has 18 heavy (non-hydrogen) atoms. The van der Waals surface area contributed by atoms with Crippen LogP contribution >= 0.6 is 0 Å². The van der Waals surface area contributed by atoms with Gasteiger partial charge in [0.1, 0.15) is 0 Å². The van der Waals surface area contributed by atoms with Crippen LogP contribution in [0.1, 0.15) is 19.4 Å². The molecule has 5 heteroatoms. The largest absolute Gasteiger partial charge is 0.380 e. The van der Waals surface area contributed by atoms with E-state index in [2.05, 4.69) is 12.2 Å². The molecule has 0 aromatic heterocycles. The lowest BCUT2D eigenvalue weighted by Crippen LogP contribution is -2.32. The summed E-state index contributed by atoms with van der Waals surface area (Å²) in [5.41, 5.74) is 1.23. The molecule has 1 unspecified atom stereocenters. The summed E-state index contributed by atoms with van der Waals surface area (Å²) in [5, 5.41) is 13.8. The fourth-order valence-electron chi connectivity index (χ4n) is 1.60. The van der Waals surface area contributed by atoms with E-state index >= 15 is 0 Å². The van der Waals surface area contributed by atoms with Gasteiger partial charge in [-0.1, -0.05) is 12.1 Å². The van der Waals surface area contributed by atoms with Crippen LogP contribution in [0.3, 0.4) is 0 Å². The monoisotopic (exact) mass is 252 g/mol. The Morgan fingerprint density at radius 3 is 2.61 bits per heavy atom. The normalized spacial score (nSPS) is 12.3. The minimum atomic E-state index is -0.383. The lowest BCUT2D eigenvalue weighted by Gasteiger charge is -2.13. The van der Waals surface area contributed by atoms with Crippen LogP contribution in [0.5, 0.6) is 0 Å². The van der Waals surface area contributed by atoms with Gasteiger partial charge in [-0.05, 0) is 32.4 Å². The van der Waals surface area contributed by atoms with Crippen molar-refractivity contribution in [3.63, 3.8) is 0 Å². The molecule has 0 bridgehead atoms. The predicted octanol–water partition coefficient (Wildman–Crippen LogP) is 2.15. The Bertz CT molecular complexity index is 365. The van der Waals surface area contributed by atoms with Crippen LogP contribution < -0.4 is 5.32 Å². The first-order valence-electron chi connectivity index (χ1n) is 6.18. The van der Waals surface area contributed by atoms with E-state index in [1.807, 2.05) is 6.92 Å². The average molecular weight is 252 g/mol. The molecule has 1 aromatic carbocycles. The fourth-order valence-corrected chi connectivity index (χ4v) is 1.60. The van der Waals surface area contributed by atoms with Gasteiger partial charge in [-0.15, -0.1) is 0 Å². The van der Waals surface area contributed by atoms with Gasteiger partial charge in [-0.3, -0.25) is 10.1 Å². The molecule has 0 radical (unpaired) electrons. The molecule has 0 spiro atoms. The van der Waals surface area contributed by atoms with Gasteiger partial charge in [0.15, 0.2) is 0 Å². The summed E-state index contributed by atoms with van der Waals surface area (Å²) in [7, 11) is 0. The highest BCUT2D eigenvalue weighted by molar-refractivity contribution is 5.32. The van der Waals surface area contributed by atoms with E-state index < -0.39 is 0 Å². The lowest BCUT2D eigenvalue weighted by molar-refractivity contribution is -0.384. The van der Waals surface area contributed by atoms with Crippen molar-refractivity contribution >= 4 is 5.69 Å². The first-order valence-corrected chi connectivity index (χ1v) is 6.18. The van der Waals surface area contributed by atoms with Crippen molar-refractivity contribution in [3.05, 3.63) is 39.9 Å². The topological polar surface area (TPSA) is 64.4 Å². The van der Waals surface area contributed by atoms with E-state index in [-0.39, 0.29) is 10.6 Å². The SMILES string of the molecule is CCOCC(C)NCCc1ccc([N+](=O)[O-])cc1. The number of non-ortho nitro benzene ring substituents is 1. The zero-order valence-electron chi connectivity index (χ0n) is 10.9. The smallest absolute Gasteiger partial charge is 0.269 e. The molecule has 0 aliphatic heterocycles. The van der Waals surface area contributed by atoms with E-state index in [1.54, 1.807) is 24.3 Å². The first-order chi connectivity index (χ1) is 8.63. The molecular weight excluding hydrogens is 232 g/mol. The van der Waals surface area contributed by atoms with Crippen molar-refractivity contribution in [1.29, 1.82) is 0 Å². The minimum absolute atomic E-state index is 0.136. The van der Waals surface area contributed by atoms with Crippen molar-refractivity contribution in [2.24, 2.45) is 0 Å². The van der Waals surface area contributed by atoms with Gasteiger partial charge in [-0.25, -0.2) is 0 Å². The van der Waals surface area contributed by atoms with Crippen molar-refractivity contribution in [2.75, 3.05) is 19.8 Å². The van der Waals surface area contributed by atoms with Crippen molar-refractivity contribution < 1.29 is 9.66 Å². The van der Waals surface area contributed by atoms with E-state index in [4.69, 9.17) is 4.74 Å². The van der Waals surface area contributed by atoms with E-state index in [0.29, 0.717) is 12.6 Å². The third-order valence-corrected chi connectivity index (χ3v) is 2.63. The van der Waals surface area contributed by atoms with E-state index in [1.165, 1.54) is 0 Å². The number of hydrogen-bond acceptors (Lipinski definition) is 4. The molecule has 5 nitrogen and oxygen atoms in total. The molecule has 100 valence electrons. The molecule has 0 fully saturated rings. The van der Waals surface area contributed by atoms with Gasteiger partial charge in [0, 0.05) is 24.8 Å². The van der Waals surface area contributed by atoms with Gasteiger partial charge in [-0.2, -0.15) is 0 Å². The Labute approximate surface area is 107 Å². The standard InChI is InChI=1S/C13H20N2O3/c1-3-18-10-11(2)14-9-8-12-4-6-13(7-5-12)15(16)17/h4-7,11,14H,3,8-10H2,1-2H3. The van der Waals surface area contributed by atoms with Gasteiger partial charge in [0.2, 0.25) is 0 Å². The third-order valence-electron chi connectivity index (χ3n) is 2.63. The summed E-state index contributed by atoms with van der Waals surface area (Å²) < 4.78 is 5.30. The number of hydrogen-bond donors (Lipinski definition) is 1. The number of rotatable bonds is 8. The van der Waals surface area contributed by atoms with Crippen LogP contribution in [0.25, 0.3) is 0 Å². The summed E-state index contributed by atoms with van der Waals surface area (Å²) in [6, 6.07) is 7.00. The summed E-state index contributed by atoms with van der Waals surface area (Å²) >= 11 is 0. The molecule has 1 atom stereocenters. The van der Waals surface area contributed by atoms with Crippen molar-refractivity contribution in [3.8, 4) is 0 Å². The first kappa shape index (κ1) is 14.6. The van der Waals surface area contributed by atoms with Gasteiger partial charge < -0.3 is 10.1 Å². The van der Waals surface area contributed by atoms with Crippen LogP contribution in [0.15, 0.2) is 24.3 Å². The van der Waals surface area contributed by atoms with Gasteiger partial charge in [0.25, 0.3) is 5.69 Å². The zero-order chi connectivity index (χ0) is 13.4. The molecule has 0 heterocycles. The molecule has 0 aliphatic carbocycles. The van der Waals surface area contributed by atoms with E-state index in [0.717, 1.165) is 25.1 Å². The molecule has 0 amide bonds. The summed E-state index contributed by atoms with van der Waals surface area (Å²) in [6.45, 7) is 6.33. The quantitative estimate of drug-likeness (QED) is 0.568. The Hall–Kier alpha value is -1.46. The molecule has 1 aromatic rings. The summed E-state index contributed by atoms with van der Waals surface area (Å²) in [5.74, 6) is 0. The van der Waals surface area contributed by atoms with Crippen LogP contribution in [-0.4, -0.2) is 30.7 Å². The van der Waals surface area contributed by atoms with E-state index in [9.17, 15) is 10.1 Å². The maximum atomic E-state index is 10.5. The molecule has 0 saturated carbocycles. The summed E-state index contributed by atoms with van der Waals surface area (Å²) in [4.78, 5) is 10.1. The maximum absolute atomic E-state index is 10.5. The fraction of sp³-hybridized carbons (Fsp3) is 0.538. The lowest BCUT2D eigenvalue weighted by atomic mass is 10.1. The molecule has 0 saturated heterocycles. The average Bonchev–Trinajstić information content (AvgIpc) is 2.37. The van der Waals surface area contributed by atoms with Crippen LogP contribution in [0, 0.1) is 10.1 Å². The highest BCUT2D eigenvalue weighted by Crippen LogP contribution is 2.11. The number of benzene rings is 1. The van der Waals surface area contributed by atoms with Gasteiger partial charge in [0.05, 0.1) is 11.5 Å². The van der Waals surface area contributed by atoms with Crippen LogP contribution in [0.4, 0.5) is 5.69 Å². The maximum Gasteiger partial charge on any atom is 0.269 e. The second-order valence-electron chi connectivity index (χ2n) is 4.19. The number of nitro groups is 1. The van der Waals surface area contributed by atoms with Crippen molar-refractivity contribution in [2.45, 2.75) is 26.3 Å². The number of nitro benzene ring substituents is 1. The Kier molecular flexibility index (Phi) is 6.32. The second kappa shape index (κ2) is 7.79. The number of nitrogens with one attached hydrogen (secondary N) is 1. The van der Waals surface area contributed by atoms with Crippen LogP contribution in [0.2, 0.25) is 0 Å². The number of nitrogens with zero attached hydrogens (tertiary/aromatic N) is 1. The predicted molar refractivity (Wildman–Crippen MR) is 70.8 cm³/mol. The van der Waals surface area contributed by atoms with Crippen LogP contribution in [-0.2, 0) is 11.2 Å². The zero-order valence-corrected chi connectivity index (χ0v) is 10.9.